The lowest BCUT2D eigenvalue weighted by Gasteiger charge is -2.20. The monoisotopic (exact) mass is 158 g/mol. The van der Waals surface area contributed by atoms with Crippen molar-refractivity contribution in [2.45, 2.75) is 26.3 Å². The summed E-state index contributed by atoms with van der Waals surface area (Å²) < 4.78 is 4.82. The predicted octanol–water partition coefficient (Wildman–Crippen LogP) is 0.752. The number of hydrogen-bond acceptors (Lipinski definition) is 2. The van der Waals surface area contributed by atoms with E-state index in [1.54, 1.807) is 0 Å². The Labute approximate surface area is 68.1 Å². The van der Waals surface area contributed by atoms with Crippen LogP contribution >= 0.6 is 0 Å². The van der Waals surface area contributed by atoms with Crippen LogP contribution in [-0.2, 0) is 9.53 Å². The Bertz CT molecular complexity index is 127. The zero-order valence-corrected chi connectivity index (χ0v) is 7.44. The van der Waals surface area contributed by atoms with Gasteiger partial charge in [0.15, 0.2) is 0 Å². The second kappa shape index (κ2) is 4.34. The molecule has 0 spiro atoms. The molecule has 65 valence electrons. The van der Waals surface area contributed by atoms with Crippen molar-refractivity contribution in [3.05, 3.63) is 6.92 Å². The highest BCUT2D eigenvalue weighted by Gasteiger charge is 2.12. The summed E-state index contributed by atoms with van der Waals surface area (Å²) in [5.74, 6) is -0.0962. The Morgan fingerprint density at radius 2 is 2.09 bits per heavy atom. The summed E-state index contributed by atoms with van der Waals surface area (Å²) in [6.45, 7) is 9.66. The van der Waals surface area contributed by atoms with Gasteiger partial charge in [0.25, 0.3) is 0 Å². The summed E-state index contributed by atoms with van der Waals surface area (Å²) in [6.07, 6.45) is 0. The third kappa shape index (κ3) is 7.33. The smallest absolute Gasteiger partial charge is 0.246 e. The van der Waals surface area contributed by atoms with Crippen molar-refractivity contribution in [3.8, 4) is 0 Å². The highest BCUT2D eigenvalue weighted by Crippen LogP contribution is 1.97. The molecule has 3 heteroatoms. The molecule has 0 heterocycles. The molecule has 0 aromatic heterocycles. The average molecular weight is 158 g/mol. The van der Waals surface area contributed by atoms with Crippen LogP contribution in [0.15, 0.2) is 0 Å². The van der Waals surface area contributed by atoms with Crippen LogP contribution in [0, 0.1) is 6.92 Å². The van der Waals surface area contributed by atoms with Crippen LogP contribution in [-0.4, -0.2) is 24.7 Å². The molecule has 3 nitrogen and oxygen atoms in total. The van der Waals surface area contributed by atoms with E-state index < -0.39 is 0 Å². The van der Waals surface area contributed by atoms with Crippen LogP contribution in [0.1, 0.15) is 20.8 Å². The molecule has 1 amide bonds. The van der Waals surface area contributed by atoms with Gasteiger partial charge in [-0.3, -0.25) is 4.79 Å². The van der Waals surface area contributed by atoms with E-state index in [2.05, 4.69) is 12.2 Å². The maximum Gasteiger partial charge on any atom is 0.246 e. The minimum atomic E-state index is -0.179. The number of ether oxygens (including phenoxy) is 1. The van der Waals surface area contributed by atoms with Gasteiger partial charge in [0.2, 0.25) is 5.91 Å². The van der Waals surface area contributed by atoms with Gasteiger partial charge in [0.05, 0.1) is 0 Å². The van der Waals surface area contributed by atoms with Gasteiger partial charge in [-0.25, -0.2) is 0 Å². The molecule has 1 N–H and O–H groups in total. The Morgan fingerprint density at radius 1 is 1.55 bits per heavy atom. The van der Waals surface area contributed by atoms with E-state index in [0.717, 1.165) is 0 Å². The minimum Gasteiger partial charge on any atom is -0.372 e. The molecule has 0 aliphatic rings. The summed E-state index contributed by atoms with van der Waals surface area (Å²) in [7, 11) is 0. The van der Waals surface area contributed by atoms with Gasteiger partial charge in [0, 0.05) is 12.1 Å². The summed E-state index contributed by atoms with van der Waals surface area (Å²) in [5.41, 5.74) is -0.179. The van der Waals surface area contributed by atoms with Gasteiger partial charge in [-0.1, -0.05) is 0 Å². The molecule has 11 heavy (non-hydrogen) atoms. The van der Waals surface area contributed by atoms with Crippen LogP contribution < -0.4 is 5.32 Å². The topological polar surface area (TPSA) is 38.3 Å². The lowest BCUT2D eigenvalue weighted by Crippen LogP contribution is -2.42. The zero-order valence-electron chi connectivity index (χ0n) is 7.44. The highest BCUT2D eigenvalue weighted by molar-refractivity contribution is 5.77. The first-order chi connectivity index (χ1) is 4.95. The lowest BCUT2D eigenvalue weighted by molar-refractivity contribution is -0.126. The Kier molecular flexibility index (Phi) is 4.11. The standard InChI is InChI=1S/C8H16NO2/c1-5-11-6-7(10)9-8(2,3)4/h1,5-6H2,2-4H3,(H,9,10). The molecule has 1 radical (unpaired) electrons. The van der Waals surface area contributed by atoms with E-state index >= 15 is 0 Å². The molecule has 0 aromatic carbocycles. The average Bonchev–Trinajstić information content (AvgIpc) is 1.79. The van der Waals surface area contributed by atoms with Gasteiger partial charge in [0.1, 0.15) is 6.61 Å². The van der Waals surface area contributed by atoms with Gasteiger partial charge in [-0.05, 0) is 27.7 Å². The summed E-state index contributed by atoms with van der Waals surface area (Å²) in [6, 6.07) is 0. The number of rotatable bonds is 3. The molecule has 0 aliphatic heterocycles. The first kappa shape index (κ1) is 10.4. The number of carbonyl (C=O) groups excluding carboxylic acids is 1. The fourth-order valence-corrected chi connectivity index (χ4v) is 0.619. The van der Waals surface area contributed by atoms with Crippen LogP contribution in [0.25, 0.3) is 0 Å². The lowest BCUT2D eigenvalue weighted by atomic mass is 10.1. The maximum absolute atomic E-state index is 11.0. The Hall–Kier alpha value is -0.570. The van der Waals surface area contributed by atoms with Crippen molar-refractivity contribution in [2.24, 2.45) is 0 Å². The fraction of sp³-hybridized carbons (Fsp3) is 0.750. The first-order valence-electron chi connectivity index (χ1n) is 3.64. The Balaban J connectivity index is 3.53. The SMILES string of the molecule is [CH2]COCC(=O)NC(C)(C)C. The van der Waals surface area contributed by atoms with E-state index in [1.807, 2.05) is 20.8 Å². The second-order valence-corrected chi connectivity index (χ2v) is 3.35. The highest BCUT2D eigenvalue weighted by atomic mass is 16.5. The maximum atomic E-state index is 11.0. The van der Waals surface area contributed by atoms with Gasteiger partial charge >= 0.3 is 0 Å². The summed E-state index contributed by atoms with van der Waals surface area (Å²) >= 11 is 0. The van der Waals surface area contributed by atoms with Gasteiger partial charge in [-0.2, -0.15) is 0 Å². The number of hydrogen-bond donors (Lipinski definition) is 1. The van der Waals surface area contributed by atoms with E-state index in [9.17, 15) is 4.79 Å². The minimum absolute atomic E-state index is 0.0962. The number of amides is 1. The molecule has 0 atom stereocenters. The van der Waals surface area contributed by atoms with Crippen molar-refractivity contribution in [1.29, 1.82) is 0 Å². The van der Waals surface area contributed by atoms with E-state index in [1.165, 1.54) is 0 Å². The molecule has 0 aromatic rings. The third-order valence-electron chi connectivity index (χ3n) is 0.892. The first-order valence-corrected chi connectivity index (χ1v) is 3.64. The number of carbonyl (C=O) groups is 1. The van der Waals surface area contributed by atoms with Crippen LogP contribution in [0.5, 0.6) is 0 Å². The van der Waals surface area contributed by atoms with E-state index in [0.29, 0.717) is 6.61 Å². The van der Waals surface area contributed by atoms with Crippen molar-refractivity contribution in [2.75, 3.05) is 13.2 Å². The molecule has 0 saturated heterocycles. The van der Waals surface area contributed by atoms with Crippen molar-refractivity contribution >= 4 is 5.91 Å². The zero-order chi connectivity index (χ0) is 8.91. The Morgan fingerprint density at radius 3 is 2.45 bits per heavy atom. The molecule has 0 fully saturated rings. The van der Waals surface area contributed by atoms with Crippen LogP contribution in [0.2, 0.25) is 0 Å². The largest absolute Gasteiger partial charge is 0.372 e. The van der Waals surface area contributed by atoms with E-state index in [4.69, 9.17) is 4.74 Å². The predicted molar refractivity (Wildman–Crippen MR) is 44.1 cm³/mol. The van der Waals surface area contributed by atoms with Crippen LogP contribution in [0.3, 0.4) is 0 Å². The molecule has 0 bridgehead atoms. The molecule has 0 unspecified atom stereocenters. The normalized spacial score (nSPS) is 11.3. The second-order valence-electron chi connectivity index (χ2n) is 3.35. The molecular weight excluding hydrogens is 142 g/mol. The molecule has 0 rings (SSSR count). The summed E-state index contributed by atoms with van der Waals surface area (Å²) in [5, 5.41) is 2.76. The van der Waals surface area contributed by atoms with Crippen molar-refractivity contribution < 1.29 is 9.53 Å². The molecule has 0 saturated carbocycles. The quantitative estimate of drug-likeness (QED) is 0.658. The third-order valence-corrected chi connectivity index (χ3v) is 0.892. The molecule has 0 aliphatic carbocycles. The van der Waals surface area contributed by atoms with Crippen molar-refractivity contribution in [3.63, 3.8) is 0 Å². The van der Waals surface area contributed by atoms with Crippen molar-refractivity contribution in [1.82, 2.24) is 5.32 Å². The molecular formula is C8H16NO2. The van der Waals surface area contributed by atoms with E-state index in [-0.39, 0.29) is 18.1 Å². The summed E-state index contributed by atoms with van der Waals surface area (Å²) in [4.78, 5) is 11.0. The fourth-order valence-electron chi connectivity index (χ4n) is 0.619. The van der Waals surface area contributed by atoms with Gasteiger partial charge < -0.3 is 10.1 Å². The van der Waals surface area contributed by atoms with Gasteiger partial charge in [-0.15, -0.1) is 0 Å². The number of nitrogens with one attached hydrogen (secondary N) is 1. The van der Waals surface area contributed by atoms with Crippen LogP contribution in [0.4, 0.5) is 0 Å².